The average molecular weight is 280 g/mol. The fourth-order valence-corrected chi connectivity index (χ4v) is 1.93. The summed E-state index contributed by atoms with van der Waals surface area (Å²) in [5, 5.41) is 15.2. The summed E-state index contributed by atoms with van der Waals surface area (Å²) in [7, 11) is 0. The first kappa shape index (κ1) is 14.2. The van der Waals surface area contributed by atoms with Crippen molar-refractivity contribution in [2.24, 2.45) is 0 Å². The summed E-state index contributed by atoms with van der Waals surface area (Å²) in [4.78, 5) is 22.2. The molecular formula is C12H16N4O4. The van der Waals surface area contributed by atoms with Gasteiger partial charge >= 0.3 is 6.03 Å². The zero-order valence-electron chi connectivity index (χ0n) is 11.1. The molecule has 0 bridgehead atoms. The van der Waals surface area contributed by atoms with Crippen LogP contribution in [0.2, 0.25) is 0 Å². The van der Waals surface area contributed by atoms with Crippen molar-refractivity contribution >= 4 is 17.4 Å². The second kappa shape index (κ2) is 6.31. The number of benzene rings is 1. The van der Waals surface area contributed by atoms with Crippen LogP contribution >= 0.6 is 0 Å². The summed E-state index contributed by atoms with van der Waals surface area (Å²) in [6.45, 7) is 3.96. The van der Waals surface area contributed by atoms with Crippen LogP contribution < -0.4 is 10.7 Å². The number of hydrogen-bond acceptors (Lipinski definition) is 5. The van der Waals surface area contributed by atoms with Gasteiger partial charge in [0.2, 0.25) is 0 Å². The van der Waals surface area contributed by atoms with Gasteiger partial charge in [-0.3, -0.25) is 15.5 Å². The highest BCUT2D eigenvalue weighted by Crippen LogP contribution is 2.24. The molecule has 1 aliphatic rings. The van der Waals surface area contributed by atoms with Crippen LogP contribution in [0.1, 0.15) is 5.56 Å². The van der Waals surface area contributed by atoms with Gasteiger partial charge in [0.15, 0.2) is 0 Å². The van der Waals surface area contributed by atoms with Crippen LogP contribution in [-0.4, -0.2) is 42.3 Å². The highest BCUT2D eigenvalue weighted by atomic mass is 16.6. The molecule has 108 valence electrons. The van der Waals surface area contributed by atoms with Gasteiger partial charge in [0.25, 0.3) is 5.69 Å². The zero-order valence-corrected chi connectivity index (χ0v) is 11.1. The first-order valence-electron chi connectivity index (χ1n) is 6.22. The molecule has 0 aromatic heterocycles. The second-order valence-corrected chi connectivity index (χ2v) is 4.37. The number of nitro groups is 1. The highest BCUT2D eigenvalue weighted by Gasteiger charge is 2.16. The lowest BCUT2D eigenvalue weighted by molar-refractivity contribution is -0.385. The third-order valence-corrected chi connectivity index (χ3v) is 3.02. The number of rotatable bonds is 3. The van der Waals surface area contributed by atoms with Crippen molar-refractivity contribution in [1.29, 1.82) is 0 Å². The minimum absolute atomic E-state index is 0.0193. The molecule has 1 aromatic rings. The Labute approximate surface area is 115 Å². The van der Waals surface area contributed by atoms with E-state index < -0.39 is 11.0 Å². The van der Waals surface area contributed by atoms with Crippen molar-refractivity contribution in [3.8, 4) is 0 Å². The van der Waals surface area contributed by atoms with Crippen LogP contribution in [0.15, 0.2) is 18.2 Å². The number of urea groups is 1. The van der Waals surface area contributed by atoms with Crippen LogP contribution in [0.25, 0.3) is 0 Å². The SMILES string of the molecule is Cc1c(NC(=O)NN2CCOCC2)cccc1[N+](=O)[O-]. The summed E-state index contributed by atoms with van der Waals surface area (Å²) in [6.07, 6.45) is 0. The Hall–Kier alpha value is -2.19. The fraction of sp³-hybridized carbons (Fsp3) is 0.417. The van der Waals surface area contributed by atoms with Crippen molar-refractivity contribution in [2.45, 2.75) is 6.92 Å². The van der Waals surface area contributed by atoms with E-state index in [1.54, 1.807) is 18.0 Å². The van der Waals surface area contributed by atoms with Gasteiger partial charge in [-0.1, -0.05) is 6.07 Å². The lowest BCUT2D eigenvalue weighted by Gasteiger charge is -2.27. The average Bonchev–Trinajstić information content (AvgIpc) is 2.42. The van der Waals surface area contributed by atoms with Crippen molar-refractivity contribution in [1.82, 2.24) is 10.4 Å². The number of anilines is 1. The number of nitrogens with one attached hydrogen (secondary N) is 2. The monoisotopic (exact) mass is 280 g/mol. The third kappa shape index (κ3) is 3.43. The standard InChI is InChI=1S/C12H16N4O4/c1-9-10(3-2-4-11(9)16(18)19)13-12(17)14-15-5-7-20-8-6-15/h2-4H,5-8H2,1H3,(H2,13,14,17). The van der Waals surface area contributed by atoms with E-state index in [-0.39, 0.29) is 5.69 Å². The Morgan fingerprint density at radius 1 is 1.40 bits per heavy atom. The molecule has 2 rings (SSSR count). The van der Waals surface area contributed by atoms with Gasteiger partial charge in [-0.2, -0.15) is 0 Å². The Balaban J connectivity index is 2.00. The number of nitrogens with zero attached hydrogens (tertiary/aromatic N) is 2. The highest BCUT2D eigenvalue weighted by molar-refractivity contribution is 5.90. The molecule has 0 radical (unpaired) electrons. The summed E-state index contributed by atoms with van der Waals surface area (Å²) in [5.41, 5.74) is 3.50. The molecule has 1 fully saturated rings. The fourth-order valence-electron chi connectivity index (χ4n) is 1.93. The van der Waals surface area contributed by atoms with Gasteiger partial charge < -0.3 is 10.1 Å². The molecule has 2 amide bonds. The number of hydrazine groups is 1. The quantitative estimate of drug-likeness (QED) is 0.642. The molecule has 0 aliphatic carbocycles. The second-order valence-electron chi connectivity index (χ2n) is 4.37. The molecule has 0 spiro atoms. The van der Waals surface area contributed by atoms with Gasteiger partial charge in [-0.25, -0.2) is 9.80 Å². The van der Waals surface area contributed by atoms with E-state index in [2.05, 4.69) is 10.7 Å². The smallest absolute Gasteiger partial charge is 0.333 e. The Morgan fingerprint density at radius 2 is 2.10 bits per heavy atom. The molecule has 8 heteroatoms. The Kier molecular flexibility index (Phi) is 4.49. The van der Waals surface area contributed by atoms with Crippen LogP contribution in [0.3, 0.4) is 0 Å². The van der Waals surface area contributed by atoms with Crippen molar-refractivity contribution in [2.75, 3.05) is 31.6 Å². The largest absolute Gasteiger partial charge is 0.379 e. The van der Waals surface area contributed by atoms with Crippen LogP contribution in [0.5, 0.6) is 0 Å². The molecule has 0 saturated carbocycles. The molecule has 2 N–H and O–H groups in total. The summed E-state index contributed by atoms with van der Waals surface area (Å²) >= 11 is 0. The number of amides is 2. The zero-order chi connectivity index (χ0) is 14.5. The van der Waals surface area contributed by atoms with E-state index in [0.717, 1.165) is 0 Å². The first-order chi connectivity index (χ1) is 9.58. The lowest BCUT2D eigenvalue weighted by atomic mass is 10.1. The molecule has 20 heavy (non-hydrogen) atoms. The summed E-state index contributed by atoms with van der Waals surface area (Å²) < 4.78 is 5.17. The van der Waals surface area contributed by atoms with Crippen LogP contribution in [-0.2, 0) is 4.74 Å². The van der Waals surface area contributed by atoms with E-state index in [9.17, 15) is 14.9 Å². The Bertz CT molecular complexity index is 514. The van der Waals surface area contributed by atoms with Crippen LogP contribution in [0.4, 0.5) is 16.2 Å². The predicted octanol–water partition coefficient (Wildman–Crippen LogP) is 1.27. The molecular weight excluding hydrogens is 264 g/mol. The Morgan fingerprint density at radius 3 is 2.75 bits per heavy atom. The van der Waals surface area contributed by atoms with Crippen LogP contribution in [0, 0.1) is 17.0 Å². The maximum atomic E-state index is 11.8. The number of carbonyl (C=O) groups excluding carboxylic acids is 1. The number of ether oxygens (including phenoxy) is 1. The molecule has 1 aliphatic heterocycles. The molecule has 1 aromatic carbocycles. The first-order valence-corrected chi connectivity index (χ1v) is 6.22. The third-order valence-electron chi connectivity index (χ3n) is 3.02. The summed E-state index contributed by atoms with van der Waals surface area (Å²) in [5.74, 6) is 0. The number of nitro benzene ring substituents is 1. The topological polar surface area (TPSA) is 96.7 Å². The van der Waals surface area contributed by atoms with Gasteiger partial charge in [0, 0.05) is 19.2 Å². The van der Waals surface area contributed by atoms with Gasteiger partial charge in [0.05, 0.1) is 29.4 Å². The molecule has 0 unspecified atom stereocenters. The van der Waals surface area contributed by atoms with Gasteiger partial charge in [-0.15, -0.1) is 0 Å². The van der Waals surface area contributed by atoms with Crippen molar-refractivity contribution in [3.05, 3.63) is 33.9 Å². The number of hydrogen-bond donors (Lipinski definition) is 2. The van der Waals surface area contributed by atoms with Crippen molar-refractivity contribution < 1.29 is 14.5 Å². The minimum atomic E-state index is -0.472. The predicted molar refractivity (Wildman–Crippen MR) is 72.4 cm³/mol. The van der Waals surface area contributed by atoms with E-state index in [4.69, 9.17) is 4.74 Å². The van der Waals surface area contributed by atoms with Gasteiger partial charge in [0.1, 0.15) is 0 Å². The van der Waals surface area contributed by atoms with E-state index in [0.29, 0.717) is 37.6 Å². The normalized spacial score (nSPS) is 15.7. The summed E-state index contributed by atoms with van der Waals surface area (Å²) in [6, 6.07) is 4.15. The van der Waals surface area contributed by atoms with E-state index in [1.807, 2.05) is 0 Å². The van der Waals surface area contributed by atoms with E-state index >= 15 is 0 Å². The molecule has 1 saturated heterocycles. The van der Waals surface area contributed by atoms with Crippen molar-refractivity contribution in [3.63, 3.8) is 0 Å². The molecule has 1 heterocycles. The molecule has 0 atom stereocenters. The maximum Gasteiger partial charge on any atom is 0.333 e. The lowest BCUT2D eigenvalue weighted by Crippen LogP contribution is -2.49. The minimum Gasteiger partial charge on any atom is -0.379 e. The number of morpholine rings is 1. The maximum absolute atomic E-state index is 11.8. The van der Waals surface area contributed by atoms with Gasteiger partial charge in [-0.05, 0) is 13.0 Å². The molecule has 8 nitrogen and oxygen atoms in total. The van der Waals surface area contributed by atoms with E-state index in [1.165, 1.54) is 12.1 Å². The number of carbonyl (C=O) groups is 1.